The van der Waals surface area contributed by atoms with Gasteiger partial charge in [0.25, 0.3) is 0 Å². The number of hydrogen-bond acceptors (Lipinski definition) is 3. The molecule has 5 nitrogen and oxygen atoms in total. The molecule has 24 heavy (non-hydrogen) atoms. The third-order valence-corrected chi connectivity index (χ3v) is 5.65. The molecule has 136 valence electrons. The van der Waals surface area contributed by atoms with E-state index in [4.69, 9.17) is 11.6 Å². The van der Waals surface area contributed by atoms with Crippen LogP contribution in [0, 0.1) is 12.8 Å². The number of carbonyl (C=O) groups is 1. The van der Waals surface area contributed by atoms with Gasteiger partial charge in [-0.1, -0.05) is 31.5 Å². The fourth-order valence-electron chi connectivity index (χ4n) is 2.21. The lowest BCUT2D eigenvalue weighted by Gasteiger charge is -2.24. The van der Waals surface area contributed by atoms with Gasteiger partial charge in [0.2, 0.25) is 15.9 Å². The van der Waals surface area contributed by atoms with Crippen LogP contribution in [0.1, 0.15) is 39.2 Å². The predicted octanol–water partition coefficient (Wildman–Crippen LogP) is 3.36. The van der Waals surface area contributed by atoms with Gasteiger partial charge in [-0.2, -0.15) is 0 Å². The summed E-state index contributed by atoms with van der Waals surface area (Å²) in [6.45, 7) is 8.06. The molecule has 1 aromatic carbocycles. The number of nitrogens with one attached hydrogen (secondary N) is 1. The standard InChI is InChI=1S/C17H27ClN2O3S/c1-12(2)14(4)19-17(21)10-7-11-20(24(5,22)23)16-9-6-8-15(18)13(16)3/h6,8-9,12,14H,7,10-11H2,1-5H3,(H,19,21)/t14-/m1/s1. The molecule has 1 amide bonds. The minimum atomic E-state index is -3.45. The number of sulfonamides is 1. The molecule has 0 aliphatic heterocycles. The van der Waals surface area contributed by atoms with E-state index in [-0.39, 0.29) is 24.9 Å². The Morgan fingerprint density at radius 3 is 2.46 bits per heavy atom. The molecule has 0 aromatic heterocycles. The number of benzene rings is 1. The van der Waals surface area contributed by atoms with E-state index in [0.717, 1.165) is 6.26 Å². The monoisotopic (exact) mass is 374 g/mol. The van der Waals surface area contributed by atoms with Crippen LogP contribution in [0.3, 0.4) is 0 Å². The van der Waals surface area contributed by atoms with Crippen molar-refractivity contribution in [2.24, 2.45) is 5.92 Å². The first kappa shape index (κ1) is 20.8. The van der Waals surface area contributed by atoms with Gasteiger partial charge in [-0.05, 0) is 43.9 Å². The summed E-state index contributed by atoms with van der Waals surface area (Å²) in [6.07, 6.45) is 1.88. The summed E-state index contributed by atoms with van der Waals surface area (Å²) in [5, 5.41) is 3.44. The average Bonchev–Trinajstić information content (AvgIpc) is 2.45. The van der Waals surface area contributed by atoms with Gasteiger partial charge in [-0.25, -0.2) is 8.42 Å². The van der Waals surface area contributed by atoms with Gasteiger partial charge in [-0.15, -0.1) is 0 Å². The summed E-state index contributed by atoms with van der Waals surface area (Å²) < 4.78 is 25.6. The van der Waals surface area contributed by atoms with Crippen LogP contribution in [-0.2, 0) is 14.8 Å². The molecule has 0 spiro atoms. The Hall–Kier alpha value is -1.27. The first-order valence-corrected chi connectivity index (χ1v) is 10.3. The molecule has 0 saturated heterocycles. The summed E-state index contributed by atoms with van der Waals surface area (Å²) in [7, 11) is -3.45. The molecule has 1 aromatic rings. The van der Waals surface area contributed by atoms with Gasteiger partial charge < -0.3 is 5.32 Å². The highest BCUT2D eigenvalue weighted by atomic mass is 35.5. The topological polar surface area (TPSA) is 66.5 Å². The molecule has 0 bridgehead atoms. The highest BCUT2D eigenvalue weighted by molar-refractivity contribution is 7.92. The van der Waals surface area contributed by atoms with Crippen molar-refractivity contribution < 1.29 is 13.2 Å². The second kappa shape index (κ2) is 8.72. The van der Waals surface area contributed by atoms with Gasteiger partial charge in [0.05, 0.1) is 11.9 Å². The zero-order chi connectivity index (χ0) is 18.5. The number of hydrogen-bond donors (Lipinski definition) is 1. The molecule has 0 saturated carbocycles. The van der Waals surface area contributed by atoms with Crippen LogP contribution in [0.5, 0.6) is 0 Å². The van der Waals surface area contributed by atoms with Crippen LogP contribution in [0.4, 0.5) is 5.69 Å². The Balaban J connectivity index is 2.77. The van der Waals surface area contributed by atoms with Gasteiger partial charge in [0, 0.05) is 24.0 Å². The lowest BCUT2D eigenvalue weighted by Crippen LogP contribution is -2.37. The Bertz CT molecular complexity index is 674. The maximum atomic E-state index is 12.1. The third-order valence-electron chi connectivity index (χ3n) is 4.06. The van der Waals surface area contributed by atoms with E-state index >= 15 is 0 Å². The van der Waals surface area contributed by atoms with Crippen molar-refractivity contribution in [3.8, 4) is 0 Å². The maximum Gasteiger partial charge on any atom is 0.232 e. The summed E-state index contributed by atoms with van der Waals surface area (Å²) in [4.78, 5) is 11.9. The van der Waals surface area contributed by atoms with Gasteiger partial charge in [0.1, 0.15) is 0 Å². The predicted molar refractivity (Wildman–Crippen MR) is 100 cm³/mol. The molecular formula is C17H27ClN2O3S. The number of nitrogens with zero attached hydrogens (tertiary/aromatic N) is 1. The summed E-state index contributed by atoms with van der Waals surface area (Å²) >= 11 is 6.09. The number of rotatable bonds is 8. The number of halogens is 1. The molecule has 0 unspecified atom stereocenters. The van der Waals surface area contributed by atoms with Crippen molar-refractivity contribution in [2.75, 3.05) is 17.1 Å². The lowest BCUT2D eigenvalue weighted by atomic mass is 10.1. The molecule has 1 N–H and O–H groups in total. The maximum absolute atomic E-state index is 12.1. The molecule has 1 atom stereocenters. The van der Waals surface area contributed by atoms with Crippen LogP contribution in [0.2, 0.25) is 5.02 Å². The molecule has 0 aliphatic carbocycles. The second-order valence-electron chi connectivity index (χ2n) is 6.42. The van der Waals surface area contributed by atoms with Crippen molar-refractivity contribution in [1.82, 2.24) is 5.32 Å². The lowest BCUT2D eigenvalue weighted by molar-refractivity contribution is -0.122. The van der Waals surface area contributed by atoms with E-state index in [9.17, 15) is 13.2 Å². The summed E-state index contributed by atoms with van der Waals surface area (Å²) in [5.41, 5.74) is 1.27. The molecule has 1 rings (SSSR count). The fourth-order valence-corrected chi connectivity index (χ4v) is 3.39. The number of carbonyl (C=O) groups excluding carboxylic acids is 1. The Labute approximate surface area is 150 Å². The molecule has 7 heteroatoms. The van der Waals surface area contributed by atoms with E-state index in [1.165, 1.54) is 4.31 Å². The van der Waals surface area contributed by atoms with Crippen LogP contribution in [-0.4, -0.2) is 33.2 Å². The zero-order valence-electron chi connectivity index (χ0n) is 15.0. The molecule has 0 aliphatic rings. The van der Waals surface area contributed by atoms with E-state index in [0.29, 0.717) is 28.6 Å². The largest absolute Gasteiger partial charge is 0.353 e. The van der Waals surface area contributed by atoms with Crippen LogP contribution >= 0.6 is 11.6 Å². The van der Waals surface area contributed by atoms with Crippen LogP contribution < -0.4 is 9.62 Å². The van der Waals surface area contributed by atoms with Crippen LogP contribution in [0.15, 0.2) is 18.2 Å². The first-order valence-electron chi connectivity index (χ1n) is 8.06. The summed E-state index contributed by atoms with van der Waals surface area (Å²) in [5.74, 6) is 0.294. The first-order chi connectivity index (χ1) is 11.0. The minimum Gasteiger partial charge on any atom is -0.353 e. The Kier molecular flexibility index (Phi) is 7.55. The quantitative estimate of drug-likeness (QED) is 0.758. The van der Waals surface area contributed by atoms with E-state index in [1.807, 2.05) is 20.8 Å². The highest BCUT2D eigenvalue weighted by Crippen LogP contribution is 2.28. The molecular weight excluding hydrogens is 348 g/mol. The third kappa shape index (κ3) is 5.98. The Morgan fingerprint density at radius 2 is 1.92 bits per heavy atom. The van der Waals surface area contributed by atoms with Gasteiger partial charge in [-0.3, -0.25) is 9.10 Å². The number of amides is 1. The fraction of sp³-hybridized carbons (Fsp3) is 0.588. The van der Waals surface area contributed by atoms with Gasteiger partial charge >= 0.3 is 0 Å². The van der Waals surface area contributed by atoms with E-state index in [1.54, 1.807) is 25.1 Å². The molecule has 0 radical (unpaired) electrons. The molecule has 0 fully saturated rings. The smallest absolute Gasteiger partial charge is 0.232 e. The summed E-state index contributed by atoms with van der Waals surface area (Å²) in [6, 6.07) is 5.27. The molecule has 0 heterocycles. The second-order valence-corrected chi connectivity index (χ2v) is 8.74. The van der Waals surface area contributed by atoms with E-state index < -0.39 is 10.0 Å². The zero-order valence-corrected chi connectivity index (χ0v) is 16.5. The highest BCUT2D eigenvalue weighted by Gasteiger charge is 2.20. The number of anilines is 1. The van der Waals surface area contributed by atoms with Crippen molar-refractivity contribution in [2.45, 2.75) is 46.6 Å². The Morgan fingerprint density at radius 1 is 1.29 bits per heavy atom. The van der Waals surface area contributed by atoms with Crippen molar-refractivity contribution in [1.29, 1.82) is 0 Å². The normalized spacial score (nSPS) is 13.0. The van der Waals surface area contributed by atoms with Crippen molar-refractivity contribution in [3.63, 3.8) is 0 Å². The SMILES string of the molecule is Cc1c(Cl)cccc1N(CCCC(=O)N[C@H](C)C(C)C)S(C)(=O)=O. The minimum absolute atomic E-state index is 0.0625. The van der Waals surface area contributed by atoms with Crippen molar-refractivity contribution in [3.05, 3.63) is 28.8 Å². The van der Waals surface area contributed by atoms with Crippen LogP contribution in [0.25, 0.3) is 0 Å². The average molecular weight is 375 g/mol. The van der Waals surface area contributed by atoms with E-state index in [2.05, 4.69) is 5.32 Å². The van der Waals surface area contributed by atoms with Crippen molar-refractivity contribution >= 4 is 33.2 Å². The van der Waals surface area contributed by atoms with Gasteiger partial charge in [0.15, 0.2) is 0 Å².